The van der Waals surface area contributed by atoms with E-state index in [-0.39, 0.29) is 11.9 Å². The summed E-state index contributed by atoms with van der Waals surface area (Å²) >= 11 is 3.54. The van der Waals surface area contributed by atoms with Crippen molar-refractivity contribution in [3.05, 3.63) is 70.6 Å². The van der Waals surface area contributed by atoms with Crippen molar-refractivity contribution in [3.8, 4) is 0 Å². The van der Waals surface area contributed by atoms with Crippen LogP contribution in [0, 0.1) is 5.82 Å². The van der Waals surface area contributed by atoms with E-state index in [0.717, 1.165) is 21.1 Å². The lowest BCUT2D eigenvalue weighted by atomic mass is 10.1. The van der Waals surface area contributed by atoms with Gasteiger partial charge in [0.2, 0.25) is 0 Å². The third kappa shape index (κ3) is 2.76. The van der Waals surface area contributed by atoms with E-state index in [2.05, 4.69) is 26.2 Å². The zero-order valence-corrected chi connectivity index (χ0v) is 13.1. The second kappa shape index (κ2) is 5.82. The number of hydrogen-bond acceptors (Lipinski definition) is 2. The van der Waals surface area contributed by atoms with Crippen molar-refractivity contribution < 1.29 is 4.39 Å². The molecule has 21 heavy (non-hydrogen) atoms. The first-order valence-electron chi connectivity index (χ1n) is 6.71. The highest BCUT2D eigenvalue weighted by molar-refractivity contribution is 9.10. The molecule has 0 amide bonds. The summed E-state index contributed by atoms with van der Waals surface area (Å²) in [6, 6.07) is 14.5. The second-order valence-electron chi connectivity index (χ2n) is 4.88. The Morgan fingerprint density at radius 3 is 2.67 bits per heavy atom. The topological polar surface area (TPSA) is 24.9 Å². The van der Waals surface area contributed by atoms with Gasteiger partial charge in [-0.3, -0.25) is 0 Å². The first-order valence-corrected chi connectivity index (χ1v) is 7.50. The molecule has 3 aromatic rings. The molecule has 1 aromatic heterocycles. The SMILES string of the molecule is CC(Nc1nccc2c(Br)cccc12)c1ccccc1F. The maximum absolute atomic E-state index is 13.9. The Hall–Kier alpha value is -1.94. The van der Waals surface area contributed by atoms with E-state index in [1.165, 1.54) is 6.07 Å². The van der Waals surface area contributed by atoms with Gasteiger partial charge in [0.05, 0.1) is 6.04 Å². The number of nitrogens with zero attached hydrogens (tertiary/aromatic N) is 1. The maximum Gasteiger partial charge on any atom is 0.134 e. The van der Waals surface area contributed by atoms with Crippen LogP contribution in [0.25, 0.3) is 10.8 Å². The molecule has 2 nitrogen and oxygen atoms in total. The Kier molecular flexibility index (Phi) is 3.88. The third-order valence-corrected chi connectivity index (χ3v) is 4.17. The Bertz CT molecular complexity index is 789. The molecule has 0 aliphatic carbocycles. The number of rotatable bonds is 3. The average Bonchev–Trinajstić information content (AvgIpc) is 2.49. The lowest BCUT2D eigenvalue weighted by Gasteiger charge is -2.17. The quantitative estimate of drug-likeness (QED) is 0.696. The molecule has 0 fully saturated rings. The highest BCUT2D eigenvalue weighted by Gasteiger charge is 2.12. The summed E-state index contributed by atoms with van der Waals surface area (Å²) in [6.45, 7) is 1.93. The number of benzene rings is 2. The first kappa shape index (κ1) is 14.0. The molecule has 0 saturated carbocycles. The molecule has 4 heteroatoms. The summed E-state index contributed by atoms with van der Waals surface area (Å²) in [6.07, 6.45) is 1.75. The van der Waals surface area contributed by atoms with E-state index in [4.69, 9.17) is 0 Å². The third-order valence-electron chi connectivity index (χ3n) is 3.48. The van der Waals surface area contributed by atoms with Crippen molar-refractivity contribution in [2.45, 2.75) is 13.0 Å². The minimum Gasteiger partial charge on any atom is -0.363 e. The van der Waals surface area contributed by atoms with Gasteiger partial charge in [0, 0.05) is 27.0 Å². The predicted octanol–water partition coefficient (Wildman–Crippen LogP) is 5.31. The number of nitrogens with one attached hydrogen (secondary N) is 1. The van der Waals surface area contributed by atoms with Crippen LogP contribution in [0.2, 0.25) is 0 Å². The molecule has 0 aliphatic rings. The van der Waals surface area contributed by atoms with Crippen molar-refractivity contribution in [3.63, 3.8) is 0 Å². The Balaban J connectivity index is 1.99. The lowest BCUT2D eigenvalue weighted by Crippen LogP contribution is -2.10. The largest absolute Gasteiger partial charge is 0.363 e. The van der Waals surface area contributed by atoms with Gasteiger partial charge in [-0.25, -0.2) is 9.37 Å². The van der Waals surface area contributed by atoms with Crippen LogP contribution < -0.4 is 5.32 Å². The molecule has 1 heterocycles. The zero-order chi connectivity index (χ0) is 14.8. The van der Waals surface area contributed by atoms with Crippen LogP contribution in [0.3, 0.4) is 0 Å². The van der Waals surface area contributed by atoms with E-state index in [1.807, 2.05) is 37.3 Å². The van der Waals surface area contributed by atoms with Crippen LogP contribution in [0.4, 0.5) is 10.2 Å². The summed E-state index contributed by atoms with van der Waals surface area (Å²) in [5.74, 6) is 0.545. The Morgan fingerprint density at radius 2 is 1.86 bits per heavy atom. The molecule has 0 spiro atoms. The highest BCUT2D eigenvalue weighted by Crippen LogP contribution is 2.30. The lowest BCUT2D eigenvalue weighted by molar-refractivity contribution is 0.600. The van der Waals surface area contributed by atoms with Crippen molar-refractivity contribution >= 4 is 32.5 Å². The summed E-state index contributed by atoms with van der Waals surface area (Å²) in [5.41, 5.74) is 0.631. The number of aromatic nitrogens is 1. The van der Waals surface area contributed by atoms with E-state index in [9.17, 15) is 4.39 Å². The second-order valence-corrected chi connectivity index (χ2v) is 5.74. The molecule has 1 atom stereocenters. The summed E-state index contributed by atoms with van der Waals surface area (Å²) < 4.78 is 14.9. The molecule has 0 saturated heterocycles. The minimum absolute atomic E-state index is 0.164. The Morgan fingerprint density at radius 1 is 1.05 bits per heavy atom. The summed E-state index contributed by atoms with van der Waals surface area (Å²) in [7, 11) is 0. The van der Waals surface area contributed by atoms with E-state index in [1.54, 1.807) is 18.3 Å². The van der Waals surface area contributed by atoms with Gasteiger partial charge in [0.15, 0.2) is 0 Å². The molecule has 0 radical (unpaired) electrons. The van der Waals surface area contributed by atoms with Crippen LogP contribution in [-0.4, -0.2) is 4.98 Å². The number of hydrogen-bond donors (Lipinski definition) is 1. The molecule has 2 aromatic carbocycles. The normalized spacial score (nSPS) is 12.3. The zero-order valence-electron chi connectivity index (χ0n) is 11.5. The average molecular weight is 345 g/mol. The van der Waals surface area contributed by atoms with Crippen molar-refractivity contribution in [1.82, 2.24) is 4.98 Å². The molecule has 1 unspecified atom stereocenters. The smallest absolute Gasteiger partial charge is 0.134 e. The minimum atomic E-state index is -0.209. The molecule has 3 rings (SSSR count). The molecule has 106 valence electrons. The van der Waals surface area contributed by atoms with Gasteiger partial charge in [-0.1, -0.05) is 46.3 Å². The fraction of sp³-hybridized carbons (Fsp3) is 0.118. The van der Waals surface area contributed by atoms with E-state index in [0.29, 0.717) is 5.56 Å². The van der Waals surface area contributed by atoms with Crippen LogP contribution >= 0.6 is 15.9 Å². The van der Waals surface area contributed by atoms with Crippen LogP contribution in [0.5, 0.6) is 0 Å². The monoisotopic (exact) mass is 344 g/mol. The Labute approximate surface area is 131 Å². The number of anilines is 1. The van der Waals surface area contributed by atoms with Gasteiger partial charge in [-0.05, 0) is 25.1 Å². The molecule has 0 bridgehead atoms. The van der Waals surface area contributed by atoms with Crippen LogP contribution in [-0.2, 0) is 0 Å². The fourth-order valence-corrected chi connectivity index (χ4v) is 2.89. The van der Waals surface area contributed by atoms with Gasteiger partial charge < -0.3 is 5.32 Å². The van der Waals surface area contributed by atoms with Gasteiger partial charge in [-0.15, -0.1) is 0 Å². The van der Waals surface area contributed by atoms with Crippen molar-refractivity contribution in [1.29, 1.82) is 0 Å². The van der Waals surface area contributed by atoms with Gasteiger partial charge >= 0.3 is 0 Å². The summed E-state index contributed by atoms with van der Waals surface area (Å²) in [5, 5.41) is 5.39. The molecule has 0 aliphatic heterocycles. The number of fused-ring (bicyclic) bond motifs is 1. The number of halogens is 2. The fourth-order valence-electron chi connectivity index (χ4n) is 2.39. The molecular formula is C17H14BrFN2. The molecular weight excluding hydrogens is 331 g/mol. The number of pyridine rings is 1. The highest BCUT2D eigenvalue weighted by atomic mass is 79.9. The van der Waals surface area contributed by atoms with E-state index >= 15 is 0 Å². The van der Waals surface area contributed by atoms with Gasteiger partial charge in [0.25, 0.3) is 0 Å². The van der Waals surface area contributed by atoms with Gasteiger partial charge in [-0.2, -0.15) is 0 Å². The van der Waals surface area contributed by atoms with Gasteiger partial charge in [0.1, 0.15) is 11.6 Å². The predicted molar refractivity (Wildman–Crippen MR) is 87.9 cm³/mol. The summed E-state index contributed by atoms with van der Waals surface area (Å²) in [4.78, 5) is 4.39. The molecule has 1 N–H and O–H groups in total. The standard InChI is InChI=1S/C17H14BrFN2/c1-11(12-5-2-3-8-16(12)19)21-17-14-6-4-7-15(18)13(14)9-10-20-17/h2-11H,1H3,(H,20,21). The maximum atomic E-state index is 13.9. The first-order chi connectivity index (χ1) is 10.2. The van der Waals surface area contributed by atoms with Crippen LogP contribution in [0.15, 0.2) is 59.2 Å². The van der Waals surface area contributed by atoms with Crippen LogP contribution in [0.1, 0.15) is 18.5 Å². The van der Waals surface area contributed by atoms with E-state index < -0.39 is 0 Å². The van der Waals surface area contributed by atoms with Crippen molar-refractivity contribution in [2.24, 2.45) is 0 Å². The van der Waals surface area contributed by atoms with Crippen molar-refractivity contribution in [2.75, 3.05) is 5.32 Å².